The fourth-order valence-corrected chi connectivity index (χ4v) is 0.996. The highest BCUT2D eigenvalue weighted by atomic mass is 19.1. The lowest BCUT2D eigenvalue weighted by atomic mass is 10.1. The Morgan fingerprint density at radius 1 is 1.14 bits per heavy atom. The number of halogens is 1. The number of rotatable bonds is 4. The van der Waals surface area contributed by atoms with E-state index in [1.54, 1.807) is 0 Å². The maximum atomic E-state index is 12.4. The van der Waals surface area contributed by atoms with Crippen LogP contribution in [0.25, 0.3) is 0 Å². The summed E-state index contributed by atoms with van der Waals surface area (Å²) in [5.74, 6) is -2.02. The van der Waals surface area contributed by atoms with Gasteiger partial charge in [0.15, 0.2) is 5.78 Å². The van der Waals surface area contributed by atoms with Crippen LogP contribution in [0, 0.1) is 5.82 Å². The topological polar surface area (TPSA) is 57.2 Å². The largest absolute Gasteiger partial charge is 0.550 e. The Balaban J connectivity index is 2.61. The van der Waals surface area contributed by atoms with Crippen LogP contribution in [0.2, 0.25) is 0 Å². The van der Waals surface area contributed by atoms with Gasteiger partial charge in [-0.3, -0.25) is 4.79 Å². The van der Waals surface area contributed by atoms with Crippen molar-refractivity contribution in [2.24, 2.45) is 0 Å². The smallest absolute Gasteiger partial charge is 0.163 e. The molecule has 0 aliphatic carbocycles. The van der Waals surface area contributed by atoms with Crippen LogP contribution in [0.4, 0.5) is 4.39 Å². The molecule has 3 nitrogen and oxygen atoms in total. The maximum Gasteiger partial charge on any atom is 0.163 e. The second kappa shape index (κ2) is 4.50. The number of carboxylic acids is 1. The zero-order valence-corrected chi connectivity index (χ0v) is 7.33. The fraction of sp³-hybridized carbons (Fsp3) is 0.200. The summed E-state index contributed by atoms with van der Waals surface area (Å²) < 4.78 is 12.4. The summed E-state index contributed by atoms with van der Waals surface area (Å²) in [5.41, 5.74) is 0.313. The second-order valence-electron chi connectivity index (χ2n) is 2.80. The lowest BCUT2D eigenvalue weighted by Crippen LogP contribution is -2.22. The average Bonchev–Trinajstić information content (AvgIpc) is 2.15. The van der Waals surface area contributed by atoms with Gasteiger partial charge in [0.2, 0.25) is 0 Å². The van der Waals surface area contributed by atoms with Crippen LogP contribution in [-0.2, 0) is 4.79 Å². The molecule has 0 radical (unpaired) electrons. The number of benzene rings is 1. The molecule has 1 aromatic carbocycles. The Labute approximate surface area is 80.2 Å². The lowest BCUT2D eigenvalue weighted by Gasteiger charge is -2.01. The standard InChI is InChI=1S/C10H9FO3/c11-8-3-1-7(2-4-8)9(12)5-6-10(13)14/h1-4H,5-6H2,(H,13,14)/p-1. The van der Waals surface area contributed by atoms with Gasteiger partial charge in [0.05, 0.1) is 0 Å². The van der Waals surface area contributed by atoms with Crippen molar-refractivity contribution in [3.05, 3.63) is 35.6 Å². The minimum Gasteiger partial charge on any atom is -0.550 e. The van der Waals surface area contributed by atoms with E-state index in [1.807, 2.05) is 0 Å². The molecule has 0 saturated carbocycles. The summed E-state index contributed by atoms with van der Waals surface area (Å²) in [6, 6.07) is 4.97. The number of hydrogen-bond acceptors (Lipinski definition) is 3. The van der Waals surface area contributed by atoms with E-state index in [9.17, 15) is 19.1 Å². The number of aliphatic carboxylic acids is 1. The molecule has 0 saturated heterocycles. The quantitative estimate of drug-likeness (QED) is 0.659. The summed E-state index contributed by atoms with van der Waals surface area (Å²) >= 11 is 0. The molecule has 74 valence electrons. The molecular weight excluding hydrogens is 187 g/mol. The van der Waals surface area contributed by atoms with Gasteiger partial charge < -0.3 is 9.90 Å². The van der Waals surface area contributed by atoms with Crippen molar-refractivity contribution >= 4 is 11.8 Å². The Morgan fingerprint density at radius 2 is 1.71 bits per heavy atom. The molecule has 0 atom stereocenters. The van der Waals surface area contributed by atoms with Crippen LogP contribution in [-0.4, -0.2) is 11.8 Å². The van der Waals surface area contributed by atoms with Gasteiger partial charge in [-0.05, 0) is 30.7 Å². The molecule has 0 aliphatic rings. The first-order valence-electron chi connectivity index (χ1n) is 4.08. The zero-order chi connectivity index (χ0) is 10.6. The van der Waals surface area contributed by atoms with E-state index in [1.165, 1.54) is 12.1 Å². The molecule has 0 unspecified atom stereocenters. The van der Waals surface area contributed by atoms with Crippen LogP contribution in [0.1, 0.15) is 23.2 Å². The van der Waals surface area contributed by atoms with Crippen molar-refractivity contribution in [3.63, 3.8) is 0 Å². The number of ketones is 1. The predicted molar refractivity (Wildman–Crippen MR) is 45.0 cm³/mol. The molecule has 4 heteroatoms. The molecule has 0 amide bonds. The van der Waals surface area contributed by atoms with Crippen molar-refractivity contribution < 1.29 is 19.1 Å². The van der Waals surface area contributed by atoms with E-state index in [-0.39, 0.29) is 18.6 Å². The van der Waals surface area contributed by atoms with Crippen LogP contribution in [0.5, 0.6) is 0 Å². The van der Waals surface area contributed by atoms with Gasteiger partial charge in [-0.1, -0.05) is 0 Å². The molecule has 0 heterocycles. The molecule has 0 fully saturated rings. The number of carboxylic acid groups (broad SMARTS) is 1. The molecule has 0 aliphatic heterocycles. The third-order valence-electron chi connectivity index (χ3n) is 1.72. The molecule has 14 heavy (non-hydrogen) atoms. The van der Waals surface area contributed by atoms with Gasteiger partial charge in [0, 0.05) is 18.0 Å². The first-order chi connectivity index (χ1) is 6.59. The molecule has 0 spiro atoms. The van der Waals surface area contributed by atoms with E-state index < -0.39 is 11.8 Å². The number of carbonyl (C=O) groups is 2. The van der Waals surface area contributed by atoms with Crippen molar-refractivity contribution in [2.45, 2.75) is 12.8 Å². The van der Waals surface area contributed by atoms with E-state index in [0.29, 0.717) is 5.56 Å². The Morgan fingerprint density at radius 3 is 2.21 bits per heavy atom. The monoisotopic (exact) mass is 195 g/mol. The summed E-state index contributed by atoms with van der Waals surface area (Å²) in [6.45, 7) is 0. The summed E-state index contributed by atoms with van der Waals surface area (Å²) in [4.78, 5) is 21.3. The van der Waals surface area contributed by atoms with Gasteiger partial charge in [0.1, 0.15) is 5.82 Å². The molecule has 0 bridgehead atoms. The summed E-state index contributed by atoms with van der Waals surface area (Å²) in [7, 11) is 0. The normalized spacial score (nSPS) is 9.79. The summed E-state index contributed by atoms with van der Waals surface area (Å²) in [5, 5.41) is 10.1. The van der Waals surface area contributed by atoms with Crippen molar-refractivity contribution in [2.75, 3.05) is 0 Å². The van der Waals surface area contributed by atoms with Crippen molar-refractivity contribution in [1.29, 1.82) is 0 Å². The minimum atomic E-state index is -1.26. The van der Waals surface area contributed by atoms with Crippen molar-refractivity contribution in [1.82, 2.24) is 0 Å². The number of hydrogen-bond donors (Lipinski definition) is 0. The zero-order valence-electron chi connectivity index (χ0n) is 7.33. The first-order valence-corrected chi connectivity index (χ1v) is 4.08. The maximum absolute atomic E-state index is 12.4. The predicted octanol–water partition coefficient (Wildman–Crippen LogP) is 0.538. The van der Waals surface area contributed by atoms with Crippen LogP contribution < -0.4 is 5.11 Å². The molecule has 0 N–H and O–H groups in total. The van der Waals surface area contributed by atoms with Crippen LogP contribution in [0.15, 0.2) is 24.3 Å². The minimum absolute atomic E-state index is 0.117. The lowest BCUT2D eigenvalue weighted by molar-refractivity contribution is -0.305. The molecule has 1 aromatic rings. The Bertz CT molecular complexity index is 343. The Hall–Kier alpha value is -1.71. The van der Waals surface area contributed by atoms with Gasteiger partial charge in [-0.25, -0.2) is 4.39 Å². The highest BCUT2D eigenvalue weighted by Gasteiger charge is 2.05. The fourth-order valence-electron chi connectivity index (χ4n) is 0.996. The van der Waals surface area contributed by atoms with E-state index in [2.05, 4.69) is 0 Å². The second-order valence-corrected chi connectivity index (χ2v) is 2.80. The third kappa shape index (κ3) is 2.97. The first kappa shape index (κ1) is 10.4. The van der Waals surface area contributed by atoms with Gasteiger partial charge in [-0.2, -0.15) is 0 Å². The van der Waals surface area contributed by atoms with Gasteiger partial charge in [-0.15, -0.1) is 0 Å². The highest BCUT2D eigenvalue weighted by Crippen LogP contribution is 2.06. The van der Waals surface area contributed by atoms with Crippen LogP contribution in [0.3, 0.4) is 0 Å². The molecular formula is C10H8FO3-. The summed E-state index contributed by atoms with van der Waals surface area (Å²) in [6.07, 6.45) is -0.426. The SMILES string of the molecule is O=C([O-])CCC(=O)c1ccc(F)cc1. The van der Waals surface area contributed by atoms with E-state index >= 15 is 0 Å². The molecule has 0 aromatic heterocycles. The van der Waals surface area contributed by atoms with E-state index in [4.69, 9.17) is 0 Å². The highest BCUT2D eigenvalue weighted by molar-refractivity contribution is 5.97. The van der Waals surface area contributed by atoms with Crippen LogP contribution >= 0.6 is 0 Å². The van der Waals surface area contributed by atoms with Gasteiger partial charge >= 0.3 is 0 Å². The average molecular weight is 195 g/mol. The molecule has 1 rings (SSSR count). The number of Topliss-reactive ketones (excluding diaryl/α,β-unsaturated/α-hetero) is 1. The van der Waals surface area contributed by atoms with Crippen molar-refractivity contribution in [3.8, 4) is 0 Å². The third-order valence-corrected chi connectivity index (χ3v) is 1.72. The Kier molecular flexibility index (Phi) is 3.34. The van der Waals surface area contributed by atoms with Gasteiger partial charge in [0.25, 0.3) is 0 Å². The number of carbonyl (C=O) groups excluding carboxylic acids is 2. The van der Waals surface area contributed by atoms with E-state index in [0.717, 1.165) is 12.1 Å².